The highest BCUT2D eigenvalue weighted by molar-refractivity contribution is 6.31. The van der Waals surface area contributed by atoms with E-state index in [1.54, 1.807) is 55.5 Å². The Morgan fingerprint density at radius 1 is 1.22 bits per heavy atom. The van der Waals surface area contributed by atoms with Crippen LogP contribution in [-0.4, -0.2) is 29.5 Å². The fourth-order valence-electron chi connectivity index (χ4n) is 2.45. The van der Waals surface area contributed by atoms with Crippen LogP contribution in [-0.2, 0) is 11.2 Å². The summed E-state index contributed by atoms with van der Waals surface area (Å²) in [6.07, 6.45) is 5.47. The van der Waals surface area contributed by atoms with Crippen LogP contribution in [0.1, 0.15) is 12.5 Å². The molecule has 1 amide bonds. The number of carbonyl (C=O) groups is 1. The van der Waals surface area contributed by atoms with E-state index in [0.717, 1.165) is 0 Å². The molecule has 0 radical (unpaired) electrons. The normalized spacial score (nSPS) is 12.3. The molecule has 0 saturated heterocycles. The van der Waals surface area contributed by atoms with E-state index in [1.807, 2.05) is 0 Å². The van der Waals surface area contributed by atoms with Gasteiger partial charge in [0, 0.05) is 10.0 Å². The second-order valence-electron chi connectivity index (χ2n) is 6.08. The lowest BCUT2D eigenvalue weighted by Gasteiger charge is -2.34. The molecule has 0 N–H and O–H groups in total. The van der Waals surface area contributed by atoms with E-state index in [-0.39, 0.29) is 25.5 Å². The first-order valence-corrected chi connectivity index (χ1v) is 8.92. The van der Waals surface area contributed by atoms with Gasteiger partial charge in [-0.1, -0.05) is 47.3 Å². The van der Waals surface area contributed by atoms with Gasteiger partial charge in [-0.25, -0.2) is 0 Å². The number of carbonyl (C=O) groups excluding carboxylic acids is 1. The van der Waals surface area contributed by atoms with Crippen LogP contribution < -0.4 is 4.74 Å². The number of halogens is 2. The SMILES string of the molecule is C#CCN(C(=O)Cc1ccccc1Cl)C(C)(C#N)COc1ccc(Cl)cc1. The predicted molar refractivity (Wildman–Crippen MR) is 107 cm³/mol. The standard InChI is InChI=1S/C21H18Cl2N2O2/c1-3-12-25(20(26)13-16-6-4-5-7-19(16)23)21(2,14-24)15-27-18-10-8-17(22)9-11-18/h1,4-11H,12-13,15H2,2H3. The van der Waals surface area contributed by atoms with Gasteiger partial charge in [-0.2, -0.15) is 5.26 Å². The molecule has 27 heavy (non-hydrogen) atoms. The molecule has 1 unspecified atom stereocenters. The predicted octanol–water partition coefficient (Wildman–Crippen LogP) is 4.36. The average Bonchev–Trinajstić information content (AvgIpc) is 2.67. The summed E-state index contributed by atoms with van der Waals surface area (Å²) < 4.78 is 5.70. The maximum absolute atomic E-state index is 12.9. The topological polar surface area (TPSA) is 53.3 Å². The molecular weight excluding hydrogens is 383 g/mol. The molecule has 0 spiro atoms. The Kier molecular flexibility index (Phi) is 7.13. The number of terminal acetylenes is 1. The van der Waals surface area contributed by atoms with Crippen LogP contribution in [0.4, 0.5) is 0 Å². The zero-order chi connectivity index (χ0) is 19.9. The lowest BCUT2D eigenvalue weighted by Crippen LogP contribution is -2.53. The zero-order valence-electron chi connectivity index (χ0n) is 14.8. The summed E-state index contributed by atoms with van der Waals surface area (Å²) in [7, 11) is 0. The van der Waals surface area contributed by atoms with Crippen molar-refractivity contribution >= 4 is 29.1 Å². The number of benzene rings is 2. The van der Waals surface area contributed by atoms with Gasteiger partial charge < -0.3 is 9.64 Å². The van der Waals surface area contributed by atoms with Crippen LogP contribution in [0, 0.1) is 23.7 Å². The summed E-state index contributed by atoms with van der Waals surface area (Å²) in [6.45, 7) is 1.56. The van der Waals surface area contributed by atoms with E-state index < -0.39 is 5.54 Å². The summed E-state index contributed by atoms with van der Waals surface area (Å²) in [5.74, 6) is 2.68. The molecule has 0 aliphatic heterocycles. The number of nitriles is 1. The first kappa shape index (κ1) is 20.6. The Bertz CT molecular complexity index is 884. The Balaban J connectivity index is 2.18. The highest BCUT2D eigenvalue weighted by atomic mass is 35.5. The number of amides is 1. The lowest BCUT2D eigenvalue weighted by atomic mass is 10.0. The fourth-order valence-corrected chi connectivity index (χ4v) is 2.78. The first-order valence-electron chi connectivity index (χ1n) is 8.16. The highest BCUT2D eigenvalue weighted by Crippen LogP contribution is 2.22. The molecule has 0 heterocycles. The highest BCUT2D eigenvalue weighted by Gasteiger charge is 2.36. The molecule has 2 aromatic rings. The van der Waals surface area contributed by atoms with E-state index in [0.29, 0.717) is 21.4 Å². The third-order valence-corrected chi connectivity index (χ3v) is 4.64. The lowest BCUT2D eigenvalue weighted by molar-refractivity contribution is -0.134. The molecule has 2 aromatic carbocycles. The number of nitrogens with zero attached hydrogens (tertiary/aromatic N) is 2. The third-order valence-electron chi connectivity index (χ3n) is 4.02. The molecule has 0 aromatic heterocycles. The molecule has 0 aliphatic rings. The van der Waals surface area contributed by atoms with Gasteiger partial charge in [-0.05, 0) is 42.8 Å². The largest absolute Gasteiger partial charge is 0.490 e. The maximum Gasteiger partial charge on any atom is 0.229 e. The van der Waals surface area contributed by atoms with Crippen molar-refractivity contribution in [2.45, 2.75) is 18.9 Å². The van der Waals surface area contributed by atoms with Gasteiger partial charge in [0.1, 0.15) is 12.4 Å². The van der Waals surface area contributed by atoms with Crippen molar-refractivity contribution in [1.82, 2.24) is 4.90 Å². The summed E-state index contributed by atoms with van der Waals surface area (Å²) in [6, 6.07) is 16.0. The van der Waals surface area contributed by atoms with Gasteiger partial charge in [0.2, 0.25) is 5.91 Å². The molecule has 0 bridgehead atoms. The smallest absolute Gasteiger partial charge is 0.229 e. The van der Waals surface area contributed by atoms with Crippen molar-refractivity contribution in [2.24, 2.45) is 0 Å². The van der Waals surface area contributed by atoms with E-state index >= 15 is 0 Å². The molecule has 2 rings (SSSR count). The molecule has 1 atom stereocenters. The quantitative estimate of drug-likeness (QED) is 0.648. The zero-order valence-corrected chi connectivity index (χ0v) is 16.3. The van der Waals surface area contributed by atoms with Crippen LogP contribution in [0.2, 0.25) is 10.0 Å². The van der Waals surface area contributed by atoms with Crippen molar-refractivity contribution < 1.29 is 9.53 Å². The summed E-state index contributed by atoms with van der Waals surface area (Å²) >= 11 is 12.0. The molecule has 0 saturated carbocycles. The molecular formula is C21H18Cl2N2O2. The molecule has 4 nitrogen and oxygen atoms in total. The molecule has 0 fully saturated rings. The van der Waals surface area contributed by atoms with Crippen LogP contribution in [0.15, 0.2) is 48.5 Å². The van der Waals surface area contributed by atoms with Gasteiger partial charge in [0.05, 0.1) is 19.0 Å². The van der Waals surface area contributed by atoms with Gasteiger partial charge in [-0.15, -0.1) is 6.42 Å². The van der Waals surface area contributed by atoms with Gasteiger partial charge in [0.25, 0.3) is 0 Å². The minimum absolute atomic E-state index is 0.0165. The number of ether oxygens (including phenoxy) is 1. The number of hydrogen-bond donors (Lipinski definition) is 0. The Hall–Kier alpha value is -2.66. The van der Waals surface area contributed by atoms with Crippen LogP contribution in [0.25, 0.3) is 0 Å². The van der Waals surface area contributed by atoms with E-state index in [4.69, 9.17) is 34.4 Å². The second-order valence-corrected chi connectivity index (χ2v) is 6.92. The van der Waals surface area contributed by atoms with Crippen molar-refractivity contribution in [1.29, 1.82) is 5.26 Å². The van der Waals surface area contributed by atoms with Gasteiger partial charge in [-0.3, -0.25) is 4.79 Å². The number of rotatable bonds is 7. The van der Waals surface area contributed by atoms with Gasteiger partial charge in [0.15, 0.2) is 5.54 Å². The number of hydrogen-bond acceptors (Lipinski definition) is 3. The van der Waals surface area contributed by atoms with E-state index in [1.165, 1.54) is 4.90 Å². The van der Waals surface area contributed by atoms with Crippen molar-refractivity contribution in [2.75, 3.05) is 13.2 Å². The first-order chi connectivity index (χ1) is 12.9. The van der Waals surface area contributed by atoms with Crippen LogP contribution in [0.5, 0.6) is 5.75 Å². The van der Waals surface area contributed by atoms with Crippen molar-refractivity contribution in [3.63, 3.8) is 0 Å². The average molecular weight is 401 g/mol. The monoisotopic (exact) mass is 400 g/mol. The van der Waals surface area contributed by atoms with Crippen LogP contribution >= 0.6 is 23.2 Å². The maximum atomic E-state index is 12.9. The van der Waals surface area contributed by atoms with E-state index in [9.17, 15) is 10.1 Å². The van der Waals surface area contributed by atoms with Gasteiger partial charge >= 0.3 is 0 Å². The van der Waals surface area contributed by atoms with Crippen molar-refractivity contribution in [3.8, 4) is 24.2 Å². The molecule has 6 heteroatoms. The minimum atomic E-state index is -1.25. The van der Waals surface area contributed by atoms with Crippen LogP contribution in [0.3, 0.4) is 0 Å². The van der Waals surface area contributed by atoms with E-state index in [2.05, 4.69) is 12.0 Å². The summed E-state index contributed by atoms with van der Waals surface area (Å²) in [5, 5.41) is 10.8. The third kappa shape index (κ3) is 5.41. The summed E-state index contributed by atoms with van der Waals surface area (Å²) in [4.78, 5) is 14.2. The minimum Gasteiger partial charge on any atom is -0.490 e. The summed E-state index contributed by atoms with van der Waals surface area (Å²) in [5.41, 5.74) is -0.574. The second kappa shape index (κ2) is 9.33. The Morgan fingerprint density at radius 2 is 1.89 bits per heavy atom. The Labute approximate surface area is 169 Å². The molecule has 138 valence electrons. The fraction of sp³-hybridized carbons (Fsp3) is 0.238. The Morgan fingerprint density at radius 3 is 2.48 bits per heavy atom. The molecule has 0 aliphatic carbocycles. The van der Waals surface area contributed by atoms with Crippen molar-refractivity contribution in [3.05, 3.63) is 64.1 Å².